The van der Waals surface area contributed by atoms with Gasteiger partial charge in [0.15, 0.2) is 6.10 Å². The number of amides is 1. The highest BCUT2D eigenvalue weighted by atomic mass is 32.2. The van der Waals surface area contributed by atoms with Gasteiger partial charge < -0.3 is 14.5 Å². The number of rotatable bonds is 3. The van der Waals surface area contributed by atoms with E-state index in [1.807, 2.05) is 42.5 Å². The fourth-order valence-electron chi connectivity index (χ4n) is 4.19. The summed E-state index contributed by atoms with van der Waals surface area (Å²) in [6.45, 7) is 6.05. The molecule has 0 saturated heterocycles. The molecule has 4 aromatic rings. The van der Waals surface area contributed by atoms with Crippen molar-refractivity contribution in [1.29, 1.82) is 0 Å². The molecule has 0 radical (unpaired) electrons. The van der Waals surface area contributed by atoms with Gasteiger partial charge in [-0.2, -0.15) is 0 Å². The minimum absolute atomic E-state index is 0.113. The molecule has 2 heterocycles. The van der Waals surface area contributed by atoms with Crippen LogP contribution in [0.5, 0.6) is 5.75 Å². The molecular weight excluding hydrogens is 452 g/mol. The normalized spacial score (nSPS) is 16.4. The summed E-state index contributed by atoms with van der Waals surface area (Å²) in [5.74, 6) is -0.0766. The zero-order chi connectivity index (χ0) is 24.3. The van der Waals surface area contributed by atoms with Crippen LogP contribution in [0.15, 0.2) is 65.1 Å². The predicted molar refractivity (Wildman–Crippen MR) is 134 cm³/mol. The van der Waals surface area contributed by atoms with Crippen LogP contribution < -0.4 is 14.4 Å². The van der Waals surface area contributed by atoms with Crippen molar-refractivity contribution in [3.05, 3.63) is 66.2 Å². The molecule has 1 amide bonds. The zero-order valence-corrected chi connectivity index (χ0v) is 20.3. The number of fused-ring (bicyclic) bond motifs is 4. The summed E-state index contributed by atoms with van der Waals surface area (Å²) >= 11 is 0. The molecule has 8 heteroatoms. The Morgan fingerprint density at radius 3 is 2.47 bits per heavy atom. The van der Waals surface area contributed by atoms with Crippen LogP contribution in [0.25, 0.3) is 21.9 Å². The number of nitrogens with zero attached hydrogens (tertiary/aromatic N) is 1. The second-order valence-corrected chi connectivity index (χ2v) is 11.5. The molecule has 0 fully saturated rings. The Kier molecular flexibility index (Phi) is 5.09. The quantitative estimate of drug-likeness (QED) is 0.445. The van der Waals surface area contributed by atoms with Gasteiger partial charge in [-0.15, -0.1) is 0 Å². The van der Waals surface area contributed by atoms with Gasteiger partial charge in [0.05, 0.1) is 18.5 Å². The first kappa shape index (κ1) is 22.3. The Balaban J connectivity index is 1.44. The van der Waals surface area contributed by atoms with Crippen LogP contribution in [0.2, 0.25) is 0 Å². The van der Waals surface area contributed by atoms with Crippen molar-refractivity contribution in [1.82, 2.24) is 0 Å². The van der Waals surface area contributed by atoms with Crippen molar-refractivity contribution >= 4 is 49.2 Å². The first-order valence-electron chi connectivity index (χ1n) is 11.0. The number of furan rings is 1. The van der Waals surface area contributed by atoms with Crippen LogP contribution in [-0.2, 0) is 20.2 Å². The van der Waals surface area contributed by atoms with Gasteiger partial charge in [-0.05, 0) is 41.3 Å². The van der Waals surface area contributed by atoms with Crippen molar-refractivity contribution in [2.75, 3.05) is 22.4 Å². The van der Waals surface area contributed by atoms with E-state index >= 15 is 0 Å². The lowest BCUT2D eigenvalue weighted by molar-refractivity contribution is -0.122. The average Bonchev–Trinajstić information content (AvgIpc) is 3.14. The fourth-order valence-corrected chi connectivity index (χ4v) is 5.10. The van der Waals surface area contributed by atoms with E-state index in [-0.39, 0.29) is 12.0 Å². The van der Waals surface area contributed by atoms with Gasteiger partial charge in [0, 0.05) is 22.5 Å². The Hall–Kier alpha value is -3.52. The van der Waals surface area contributed by atoms with Gasteiger partial charge in [0.1, 0.15) is 16.9 Å². The number of anilines is 2. The fraction of sp³-hybridized carbons (Fsp3) is 0.269. The summed E-state index contributed by atoms with van der Waals surface area (Å²) in [4.78, 5) is 13.1. The number of carbonyl (C=O) groups excluding carboxylic acids is 1. The van der Waals surface area contributed by atoms with Crippen molar-refractivity contribution < 1.29 is 22.4 Å². The molecule has 7 nitrogen and oxygen atoms in total. The number of hydrogen-bond donors (Lipinski definition) is 1. The Labute approximate surface area is 198 Å². The molecule has 3 aromatic carbocycles. The third kappa shape index (κ3) is 3.98. The van der Waals surface area contributed by atoms with E-state index in [4.69, 9.17) is 9.15 Å². The Morgan fingerprint density at radius 2 is 1.74 bits per heavy atom. The van der Waals surface area contributed by atoms with E-state index in [0.29, 0.717) is 22.7 Å². The van der Waals surface area contributed by atoms with E-state index in [2.05, 4.69) is 26.1 Å². The SMILES string of the molecule is CC(C)(C)c1ccc2c(c1)N(S(C)(=O)=O)C[C@@H](C(=O)Nc1ccc3c(c1)oc1ccccc13)O2. The summed E-state index contributed by atoms with van der Waals surface area (Å²) in [6, 6.07) is 18.6. The zero-order valence-electron chi connectivity index (χ0n) is 19.5. The second-order valence-electron chi connectivity index (χ2n) is 9.63. The maximum Gasteiger partial charge on any atom is 0.267 e. The molecule has 0 saturated carbocycles. The summed E-state index contributed by atoms with van der Waals surface area (Å²) in [6.07, 6.45) is 0.130. The first-order chi connectivity index (χ1) is 16.0. The highest BCUT2D eigenvalue weighted by Gasteiger charge is 2.36. The van der Waals surface area contributed by atoms with Crippen LogP contribution in [0.3, 0.4) is 0 Å². The summed E-state index contributed by atoms with van der Waals surface area (Å²) < 4.78 is 38.3. The number of carbonyl (C=O) groups is 1. The van der Waals surface area contributed by atoms with Crippen LogP contribution >= 0.6 is 0 Å². The first-order valence-corrected chi connectivity index (χ1v) is 12.9. The largest absolute Gasteiger partial charge is 0.476 e. The molecule has 5 rings (SSSR count). The molecular formula is C26H26N2O5S. The summed E-state index contributed by atoms with van der Waals surface area (Å²) in [7, 11) is -3.63. The lowest BCUT2D eigenvalue weighted by Gasteiger charge is -2.35. The molecule has 0 aliphatic carbocycles. The van der Waals surface area contributed by atoms with Crippen molar-refractivity contribution in [3.63, 3.8) is 0 Å². The number of nitrogens with one attached hydrogen (secondary N) is 1. The van der Waals surface area contributed by atoms with Gasteiger partial charge in [-0.1, -0.05) is 45.0 Å². The van der Waals surface area contributed by atoms with E-state index in [1.54, 1.807) is 18.2 Å². The average molecular weight is 479 g/mol. The van der Waals surface area contributed by atoms with Crippen molar-refractivity contribution in [2.45, 2.75) is 32.3 Å². The third-order valence-corrected chi connectivity index (χ3v) is 7.18. The molecule has 1 N–H and O–H groups in total. The number of sulfonamides is 1. The smallest absolute Gasteiger partial charge is 0.267 e. The van der Waals surface area contributed by atoms with Crippen LogP contribution in [0.4, 0.5) is 11.4 Å². The Bertz CT molecular complexity index is 1530. The van der Waals surface area contributed by atoms with Gasteiger partial charge in [-0.3, -0.25) is 9.10 Å². The van der Waals surface area contributed by atoms with Crippen LogP contribution in [0.1, 0.15) is 26.3 Å². The van der Waals surface area contributed by atoms with Gasteiger partial charge in [-0.25, -0.2) is 8.42 Å². The van der Waals surface area contributed by atoms with E-state index in [9.17, 15) is 13.2 Å². The number of ether oxygens (including phenoxy) is 1. The number of hydrogen-bond acceptors (Lipinski definition) is 5. The van der Waals surface area contributed by atoms with E-state index in [0.717, 1.165) is 28.2 Å². The second kappa shape index (κ2) is 7.77. The molecule has 1 aliphatic rings. The topological polar surface area (TPSA) is 88.9 Å². The van der Waals surface area contributed by atoms with E-state index < -0.39 is 22.0 Å². The lowest BCUT2D eigenvalue weighted by Crippen LogP contribution is -2.48. The minimum atomic E-state index is -3.63. The molecule has 1 aromatic heterocycles. The lowest BCUT2D eigenvalue weighted by atomic mass is 9.86. The minimum Gasteiger partial charge on any atom is -0.476 e. The molecule has 1 atom stereocenters. The van der Waals surface area contributed by atoms with Gasteiger partial charge in [0.2, 0.25) is 10.0 Å². The third-order valence-electron chi connectivity index (χ3n) is 6.03. The molecule has 0 bridgehead atoms. The molecule has 0 unspecified atom stereocenters. The standard InChI is InChI=1S/C26H26N2O5S/c1-26(2,3)16-9-12-22-20(13-16)28(34(4,30)31)15-24(33-22)25(29)27-17-10-11-19-18-7-5-6-8-21(18)32-23(19)14-17/h5-14,24H,15H2,1-4H3,(H,27,29)/t24-/m0/s1. The number of benzene rings is 3. The maximum atomic E-state index is 13.1. The van der Waals surface area contributed by atoms with E-state index in [1.165, 1.54) is 4.31 Å². The van der Waals surface area contributed by atoms with Crippen LogP contribution in [0, 0.1) is 0 Å². The van der Waals surface area contributed by atoms with Crippen LogP contribution in [-0.4, -0.2) is 33.2 Å². The highest BCUT2D eigenvalue weighted by Crippen LogP contribution is 2.39. The molecule has 34 heavy (non-hydrogen) atoms. The highest BCUT2D eigenvalue weighted by molar-refractivity contribution is 7.92. The van der Waals surface area contributed by atoms with Gasteiger partial charge in [0.25, 0.3) is 5.91 Å². The summed E-state index contributed by atoms with van der Waals surface area (Å²) in [5, 5.41) is 4.80. The Morgan fingerprint density at radius 1 is 1.00 bits per heavy atom. The van der Waals surface area contributed by atoms with Crippen molar-refractivity contribution in [2.24, 2.45) is 0 Å². The monoisotopic (exact) mass is 478 g/mol. The molecule has 0 spiro atoms. The maximum absolute atomic E-state index is 13.1. The predicted octanol–water partition coefficient (Wildman–Crippen LogP) is 5.05. The van der Waals surface area contributed by atoms with Gasteiger partial charge >= 0.3 is 0 Å². The van der Waals surface area contributed by atoms with Crippen molar-refractivity contribution in [3.8, 4) is 5.75 Å². The number of para-hydroxylation sites is 1. The molecule has 176 valence electrons. The summed E-state index contributed by atoms with van der Waals surface area (Å²) in [5.41, 5.74) is 3.22. The molecule has 1 aliphatic heterocycles.